The molecule has 3 fully saturated rings. The summed E-state index contributed by atoms with van der Waals surface area (Å²) in [7, 11) is 0. The molecule has 2 N–H and O–H groups in total. The number of fused-ring (bicyclic) bond motifs is 6. The van der Waals surface area contributed by atoms with Gasteiger partial charge in [0.1, 0.15) is 11.4 Å². The molecule has 0 aromatic carbocycles. The number of aliphatic hydroxyl groups is 1. The Labute approximate surface area is 208 Å². The number of carbonyl (C=O) groups is 3. The second-order valence-electron chi connectivity index (χ2n) is 11.4. The van der Waals surface area contributed by atoms with Gasteiger partial charge in [-0.25, -0.2) is 9.97 Å². The second kappa shape index (κ2) is 7.84. The summed E-state index contributed by atoms with van der Waals surface area (Å²) in [6.07, 6.45) is 7.72. The third-order valence-corrected chi connectivity index (χ3v) is 10.7. The number of allylic oxidation sites excluding steroid dienone is 1. The van der Waals surface area contributed by atoms with Gasteiger partial charge in [-0.15, -0.1) is 0 Å². The van der Waals surface area contributed by atoms with Crippen molar-refractivity contribution in [2.24, 2.45) is 28.6 Å². The highest BCUT2D eigenvalue weighted by molar-refractivity contribution is 7.99. The van der Waals surface area contributed by atoms with Crippen molar-refractivity contribution in [2.75, 3.05) is 5.75 Å². The topological polar surface area (TPSA) is 113 Å². The number of Topliss-reactive ketones (excluding diaryl/α,β-unsaturated/α-hetero) is 2. The van der Waals surface area contributed by atoms with Crippen LogP contribution in [0.3, 0.4) is 0 Å². The van der Waals surface area contributed by atoms with E-state index >= 15 is 0 Å². The Bertz CT molecular complexity index is 1250. The van der Waals surface area contributed by atoms with Crippen molar-refractivity contribution in [1.82, 2.24) is 15.0 Å². The molecule has 4 aliphatic rings. The fraction of sp³-hybridized carbons (Fsp3) is 0.593. The molecule has 8 heteroatoms. The van der Waals surface area contributed by atoms with Gasteiger partial charge in [-0.1, -0.05) is 31.2 Å². The molecule has 2 aromatic rings. The van der Waals surface area contributed by atoms with Crippen LogP contribution in [0.4, 0.5) is 0 Å². The van der Waals surface area contributed by atoms with Gasteiger partial charge < -0.3 is 10.1 Å². The molecular formula is C27H31N3O4S. The van der Waals surface area contributed by atoms with Gasteiger partial charge in [0.05, 0.1) is 11.3 Å². The van der Waals surface area contributed by atoms with Crippen molar-refractivity contribution in [3.8, 4) is 0 Å². The molecule has 0 bridgehead atoms. The predicted molar refractivity (Wildman–Crippen MR) is 132 cm³/mol. The van der Waals surface area contributed by atoms with Gasteiger partial charge in [0.2, 0.25) is 0 Å². The van der Waals surface area contributed by atoms with Crippen molar-refractivity contribution in [2.45, 2.75) is 69.6 Å². The summed E-state index contributed by atoms with van der Waals surface area (Å²) in [5.41, 5.74) is -0.0168. The lowest BCUT2D eigenvalue weighted by molar-refractivity contribution is -0.167. The van der Waals surface area contributed by atoms with E-state index in [9.17, 15) is 19.5 Å². The maximum atomic E-state index is 13.7. The Hall–Kier alpha value is -2.32. The average molecular weight is 494 g/mol. The van der Waals surface area contributed by atoms with Crippen LogP contribution in [0.25, 0.3) is 11.2 Å². The summed E-state index contributed by atoms with van der Waals surface area (Å²) < 4.78 is 0. The van der Waals surface area contributed by atoms with E-state index < -0.39 is 11.0 Å². The zero-order chi connectivity index (χ0) is 24.6. The fourth-order valence-corrected chi connectivity index (χ4v) is 8.83. The van der Waals surface area contributed by atoms with Crippen molar-refractivity contribution < 1.29 is 19.5 Å². The minimum absolute atomic E-state index is 0.0909. The van der Waals surface area contributed by atoms with Crippen LogP contribution in [0.5, 0.6) is 0 Å². The van der Waals surface area contributed by atoms with E-state index in [1.807, 2.05) is 19.1 Å². The number of hydrogen-bond donors (Lipinski definition) is 2. The first kappa shape index (κ1) is 23.1. The summed E-state index contributed by atoms with van der Waals surface area (Å²) in [6, 6.07) is 3.71. The van der Waals surface area contributed by atoms with Crippen LogP contribution in [-0.2, 0) is 14.4 Å². The van der Waals surface area contributed by atoms with Gasteiger partial charge >= 0.3 is 0 Å². The lowest BCUT2D eigenvalue weighted by Crippen LogP contribution is -2.60. The van der Waals surface area contributed by atoms with Crippen LogP contribution in [0.1, 0.15) is 58.8 Å². The molecule has 4 aliphatic carbocycles. The van der Waals surface area contributed by atoms with E-state index in [0.717, 1.165) is 36.8 Å². The van der Waals surface area contributed by atoms with Crippen molar-refractivity contribution in [3.05, 3.63) is 30.0 Å². The smallest absolute Gasteiger partial charge is 0.178 e. The molecule has 0 amide bonds. The maximum absolute atomic E-state index is 13.7. The molecule has 5 unspecified atom stereocenters. The Morgan fingerprint density at radius 2 is 2.06 bits per heavy atom. The van der Waals surface area contributed by atoms with Crippen LogP contribution >= 0.6 is 11.8 Å². The minimum atomic E-state index is -1.52. The number of rotatable bonds is 4. The third-order valence-electron chi connectivity index (χ3n) is 9.84. The zero-order valence-corrected chi connectivity index (χ0v) is 21.0. The van der Waals surface area contributed by atoms with Crippen LogP contribution in [-0.4, -0.2) is 48.8 Å². The van der Waals surface area contributed by atoms with Crippen molar-refractivity contribution in [3.63, 3.8) is 0 Å². The average Bonchev–Trinajstić information content (AvgIpc) is 3.36. The molecule has 184 valence electrons. The summed E-state index contributed by atoms with van der Waals surface area (Å²) in [6.45, 7) is 4.12. The first-order valence-corrected chi connectivity index (χ1v) is 13.6. The highest BCUT2D eigenvalue weighted by atomic mass is 32.2. The molecule has 7 nitrogen and oxygen atoms in total. The van der Waals surface area contributed by atoms with E-state index in [-0.39, 0.29) is 52.7 Å². The Morgan fingerprint density at radius 3 is 2.86 bits per heavy atom. The summed E-state index contributed by atoms with van der Waals surface area (Å²) in [4.78, 5) is 51.2. The zero-order valence-electron chi connectivity index (χ0n) is 20.2. The highest BCUT2D eigenvalue weighted by Crippen LogP contribution is 2.66. The minimum Gasteiger partial charge on any atom is -0.381 e. The number of hydrogen-bond acceptors (Lipinski definition) is 7. The van der Waals surface area contributed by atoms with Crippen LogP contribution < -0.4 is 0 Å². The molecule has 0 radical (unpaired) electrons. The number of ketones is 3. The Morgan fingerprint density at radius 1 is 1.23 bits per heavy atom. The quantitative estimate of drug-likeness (QED) is 0.618. The third kappa shape index (κ3) is 3.25. The number of nitrogens with zero attached hydrogens (tertiary/aromatic N) is 2. The molecule has 0 saturated heterocycles. The monoisotopic (exact) mass is 493 g/mol. The summed E-state index contributed by atoms with van der Waals surface area (Å²) in [5.74, 6) is 0.334. The highest BCUT2D eigenvalue weighted by Gasteiger charge is 2.68. The Balaban J connectivity index is 1.25. The molecule has 0 aliphatic heterocycles. The molecule has 35 heavy (non-hydrogen) atoms. The van der Waals surface area contributed by atoms with Crippen LogP contribution in [0.15, 0.2) is 35.1 Å². The SMILES string of the molecule is CC12CCC(=O)C=C1CCC1C2C(=O)CC2(C)C1CC[C@]2(O)C(=O)CSc1nc2ncccc2[nH]1. The largest absolute Gasteiger partial charge is 0.381 e. The standard InChI is InChI=1S/C27H31N3O4S/c1-25-9-7-16(31)12-15(25)5-6-17-18-8-10-27(34,26(18,2)13-20(32)22(17)25)21(33)14-35-24-29-19-4-3-11-28-23(19)30-24/h3-4,11-12,17-18,22,34H,5-10,13-14H2,1-2H3,(H,28,29,30)/t17?,18?,22?,25?,26?,27-/m0/s1. The normalized spacial score (nSPS) is 38.6. The van der Waals surface area contributed by atoms with E-state index in [0.29, 0.717) is 23.6 Å². The maximum Gasteiger partial charge on any atom is 0.178 e. The van der Waals surface area contributed by atoms with Gasteiger partial charge in [0.25, 0.3) is 0 Å². The van der Waals surface area contributed by atoms with Gasteiger partial charge in [-0.3, -0.25) is 14.4 Å². The molecule has 6 atom stereocenters. The van der Waals surface area contributed by atoms with E-state index in [4.69, 9.17) is 0 Å². The molecule has 2 heterocycles. The number of aromatic amines is 1. The van der Waals surface area contributed by atoms with Crippen LogP contribution in [0.2, 0.25) is 0 Å². The second-order valence-corrected chi connectivity index (χ2v) is 12.4. The molecule has 0 spiro atoms. The lowest BCUT2D eigenvalue weighted by Gasteiger charge is -2.57. The fourth-order valence-electron chi connectivity index (χ4n) is 7.99. The number of H-pyrrole nitrogens is 1. The molecule has 3 saturated carbocycles. The Kier molecular flexibility index (Phi) is 5.17. The molecule has 6 rings (SSSR count). The predicted octanol–water partition coefficient (Wildman–Crippen LogP) is 4.06. The van der Waals surface area contributed by atoms with E-state index in [2.05, 4.69) is 21.9 Å². The van der Waals surface area contributed by atoms with Gasteiger partial charge in [0.15, 0.2) is 22.4 Å². The first-order valence-electron chi connectivity index (χ1n) is 12.6. The number of aromatic nitrogens is 3. The van der Waals surface area contributed by atoms with Crippen LogP contribution in [0, 0.1) is 28.6 Å². The number of pyridine rings is 1. The van der Waals surface area contributed by atoms with Crippen molar-refractivity contribution >= 4 is 40.3 Å². The summed E-state index contributed by atoms with van der Waals surface area (Å²) in [5, 5.41) is 12.5. The van der Waals surface area contributed by atoms with Crippen molar-refractivity contribution in [1.29, 1.82) is 0 Å². The van der Waals surface area contributed by atoms with Gasteiger partial charge in [-0.2, -0.15) is 0 Å². The summed E-state index contributed by atoms with van der Waals surface area (Å²) >= 11 is 1.28. The molecule has 2 aromatic heterocycles. The lowest BCUT2D eigenvalue weighted by atomic mass is 9.46. The number of thioether (sulfide) groups is 1. The van der Waals surface area contributed by atoms with E-state index in [1.54, 1.807) is 12.3 Å². The van der Waals surface area contributed by atoms with Gasteiger partial charge in [0, 0.05) is 30.4 Å². The van der Waals surface area contributed by atoms with E-state index in [1.165, 1.54) is 11.8 Å². The molecular weight excluding hydrogens is 462 g/mol. The number of nitrogens with one attached hydrogen (secondary N) is 1. The number of carbonyl (C=O) groups excluding carboxylic acids is 3. The van der Waals surface area contributed by atoms with Gasteiger partial charge in [-0.05, 0) is 67.6 Å². The first-order chi connectivity index (χ1) is 16.7. The number of imidazole rings is 1.